The molecule has 3 N–H and O–H groups in total. The molecule has 0 aromatic carbocycles. The molecule has 1 saturated heterocycles. The molecule has 0 aliphatic carbocycles. The maximum absolute atomic E-state index is 10.6. The minimum absolute atomic E-state index is 0.263. The summed E-state index contributed by atoms with van der Waals surface area (Å²) in [5, 5.41) is 25.9. The van der Waals surface area contributed by atoms with Crippen molar-refractivity contribution in [1.82, 2.24) is 33.9 Å². The van der Waals surface area contributed by atoms with Crippen molar-refractivity contribution in [3.05, 3.63) is 72.6 Å². The van der Waals surface area contributed by atoms with E-state index in [0.717, 1.165) is 48.8 Å². The maximum Gasteiger partial charge on any atom is 0.490 e. The number of alkyl halides is 9. The Bertz CT molecular complexity index is 1720. The molecule has 5 heterocycles. The van der Waals surface area contributed by atoms with Gasteiger partial charge in [-0.2, -0.15) is 44.6 Å². The van der Waals surface area contributed by atoms with Crippen LogP contribution >= 0.6 is 0 Å². The van der Waals surface area contributed by atoms with Gasteiger partial charge < -0.3 is 15.3 Å². The third-order valence-corrected chi connectivity index (χ3v) is 6.88. The number of pyridine rings is 2. The van der Waals surface area contributed by atoms with Crippen LogP contribution in [0.15, 0.2) is 61.3 Å². The number of imidazole rings is 1. The van der Waals surface area contributed by atoms with Gasteiger partial charge in [-0.25, -0.2) is 19.4 Å². The Kier molecular flexibility index (Phi) is 14.7. The van der Waals surface area contributed by atoms with Gasteiger partial charge in [-0.05, 0) is 45.2 Å². The number of halogens is 9. The normalized spacial score (nSPS) is 15.4. The standard InChI is InChI=1S/C24H29N7.3C2HF3O2/c1-18(2)31-15-19(13-26-31)14-29-12-11-28(3)23(17-29)21-16-30-22(5-4-6-24(30)27-21)20-7-9-25-10-8-20;3*3-2(4,5)1(6)7/h4-10,13,15-16,18,23H,11-12,14,17H2,1-3H3;3*(H,6,7). The van der Waals surface area contributed by atoms with Crippen molar-refractivity contribution in [2.45, 2.75) is 51.0 Å². The molecule has 1 fully saturated rings. The highest BCUT2D eigenvalue weighted by atomic mass is 19.4. The van der Waals surface area contributed by atoms with E-state index < -0.39 is 36.4 Å². The number of carboxylic acids is 3. The third-order valence-electron chi connectivity index (χ3n) is 6.88. The van der Waals surface area contributed by atoms with E-state index in [1.807, 2.05) is 35.4 Å². The van der Waals surface area contributed by atoms with E-state index in [0.29, 0.717) is 6.04 Å². The lowest BCUT2D eigenvalue weighted by Crippen LogP contribution is -2.46. The number of aliphatic carboxylic acids is 3. The summed E-state index contributed by atoms with van der Waals surface area (Å²) in [4.78, 5) is 40.8. The molecule has 1 aliphatic heterocycles. The van der Waals surface area contributed by atoms with Crippen LogP contribution in [0.1, 0.15) is 37.2 Å². The Hall–Kier alpha value is -5.25. The zero-order chi connectivity index (χ0) is 39.6. The van der Waals surface area contributed by atoms with Gasteiger partial charge >= 0.3 is 36.4 Å². The van der Waals surface area contributed by atoms with Crippen LogP contribution in [0.5, 0.6) is 0 Å². The van der Waals surface area contributed by atoms with E-state index in [2.05, 4.69) is 75.8 Å². The molecular weight excluding hydrogens is 725 g/mol. The van der Waals surface area contributed by atoms with Crippen molar-refractivity contribution in [2.24, 2.45) is 0 Å². The first-order valence-electron chi connectivity index (χ1n) is 14.7. The van der Waals surface area contributed by atoms with Crippen molar-refractivity contribution in [3.8, 4) is 11.3 Å². The van der Waals surface area contributed by atoms with E-state index >= 15 is 0 Å². The number of hydrogen-bond donors (Lipinski definition) is 3. The lowest BCUT2D eigenvalue weighted by molar-refractivity contribution is -0.193. The Labute approximate surface area is 288 Å². The Morgan fingerprint density at radius 2 is 1.35 bits per heavy atom. The summed E-state index contributed by atoms with van der Waals surface area (Å²) in [6.07, 6.45) is -5.21. The third kappa shape index (κ3) is 13.1. The van der Waals surface area contributed by atoms with Crippen LogP contribution in [0.4, 0.5) is 39.5 Å². The number of hydrogen-bond acceptors (Lipinski definition) is 8. The average molecular weight is 758 g/mol. The molecule has 0 bridgehead atoms. The van der Waals surface area contributed by atoms with Gasteiger partial charge in [0, 0.05) is 68.1 Å². The molecule has 286 valence electrons. The Balaban J connectivity index is 0.000000365. The molecule has 1 atom stereocenters. The number of piperazine rings is 1. The number of likely N-dealkylation sites (N-methyl/N-ethyl adjacent to an activating group) is 1. The zero-order valence-electron chi connectivity index (χ0n) is 27.4. The van der Waals surface area contributed by atoms with Gasteiger partial charge in [-0.15, -0.1) is 0 Å². The Morgan fingerprint density at radius 3 is 1.81 bits per heavy atom. The van der Waals surface area contributed by atoms with Crippen molar-refractivity contribution < 1.29 is 69.2 Å². The highest BCUT2D eigenvalue weighted by molar-refractivity contribution is 5.73. The fraction of sp³-hybridized carbons (Fsp3) is 0.400. The molecule has 4 aromatic heterocycles. The van der Waals surface area contributed by atoms with E-state index in [1.165, 1.54) is 5.56 Å². The van der Waals surface area contributed by atoms with Gasteiger partial charge in [0.25, 0.3) is 0 Å². The second kappa shape index (κ2) is 17.8. The first kappa shape index (κ1) is 42.9. The van der Waals surface area contributed by atoms with E-state index in [1.54, 1.807) is 0 Å². The molecule has 4 aromatic rings. The number of carboxylic acid groups (broad SMARTS) is 3. The molecular formula is C30H32F9N7O6. The van der Waals surface area contributed by atoms with Gasteiger partial charge in [-0.1, -0.05) is 6.07 Å². The van der Waals surface area contributed by atoms with Crippen LogP contribution < -0.4 is 0 Å². The van der Waals surface area contributed by atoms with E-state index in [4.69, 9.17) is 34.7 Å². The smallest absolute Gasteiger partial charge is 0.475 e. The molecule has 22 heteroatoms. The van der Waals surface area contributed by atoms with Crippen LogP contribution in [-0.4, -0.2) is 112 Å². The molecule has 0 saturated carbocycles. The highest BCUT2D eigenvalue weighted by Gasteiger charge is 2.39. The first-order chi connectivity index (χ1) is 23.9. The van der Waals surface area contributed by atoms with Crippen LogP contribution in [-0.2, 0) is 20.9 Å². The van der Waals surface area contributed by atoms with Crippen LogP contribution in [0.25, 0.3) is 16.9 Å². The summed E-state index contributed by atoms with van der Waals surface area (Å²) >= 11 is 0. The maximum atomic E-state index is 10.6. The molecule has 0 spiro atoms. The molecule has 5 rings (SSSR count). The summed E-state index contributed by atoms with van der Waals surface area (Å²) in [6.45, 7) is 8.27. The topological polar surface area (TPSA) is 166 Å². The second-order valence-electron chi connectivity index (χ2n) is 11.1. The first-order valence-corrected chi connectivity index (χ1v) is 14.7. The van der Waals surface area contributed by atoms with Gasteiger partial charge in [0.1, 0.15) is 5.65 Å². The van der Waals surface area contributed by atoms with Gasteiger partial charge in [-0.3, -0.25) is 23.9 Å². The number of carbonyl (C=O) groups is 3. The molecule has 0 amide bonds. The van der Waals surface area contributed by atoms with Crippen LogP contribution in [0, 0.1) is 0 Å². The summed E-state index contributed by atoms with van der Waals surface area (Å²) in [5.41, 5.74) is 5.65. The number of aromatic nitrogens is 5. The molecule has 0 radical (unpaired) electrons. The molecule has 52 heavy (non-hydrogen) atoms. The summed E-state index contributed by atoms with van der Waals surface area (Å²) < 4.78 is 99.4. The highest BCUT2D eigenvalue weighted by Crippen LogP contribution is 2.28. The minimum Gasteiger partial charge on any atom is -0.475 e. The predicted molar refractivity (Wildman–Crippen MR) is 163 cm³/mol. The van der Waals surface area contributed by atoms with Crippen molar-refractivity contribution in [3.63, 3.8) is 0 Å². The number of nitrogens with zero attached hydrogens (tertiary/aromatic N) is 7. The fourth-order valence-corrected chi connectivity index (χ4v) is 4.34. The fourth-order valence-electron chi connectivity index (χ4n) is 4.34. The second-order valence-corrected chi connectivity index (χ2v) is 11.1. The summed E-state index contributed by atoms with van der Waals surface area (Å²) in [6, 6.07) is 11.0. The molecule has 1 unspecified atom stereocenters. The Morgan fingerprint density at radius 1 is 0.827 bits per heavy atom. The predicted octanol–water partition coefficient (Wildman–Crippen LogP) is 5.56. The largest absolute Gasteiger partial charge is 0.490 e. The summed E-state index contributed by atoms with van der Waals surface area (Å²) in [7, 11) is 2.20. The minimum atomic E-state index is -5.08. The van der Waals surface area contributed by atoms with Gasteiger partial charge in [0.2, 0.25) is 0 Å². The monoisotopic (exact) mass is 757 g/mol. The molecule has 1 aliphatic rings. The van der Waals surface area contributed by atoms with Crippen LogP contribution in [0.2, 0.25) is 0 Å². The van der Waals surface area contributed by atoms with Crippen LogP contribution in [0.3, 0.4) is 0 Å². The quantitative estimate of drug-likeness (QED) is 0.218. The number of rotatable bonds is 5. The van der Waals surface area contributed by atoms with Crippen molar-refractivity contribution in [1.29, 1.82) is 0 Å². The van der Waals surface area contributed by atoms with Gasteiger partial charge in [0.05, 0.1) is 23.6 Å². The number of fused-ring (bicyclic) bond motifs is 1. The zero-order valence-corrected chi connectivity index (χ0v) is 27.4. The van der Waals surface area contributed by atoms with E-state index in [-0.39, 0.29) is 6.04 Å². The summed E-state index contributed by atoms with van der Waals surface area (Å²) in [5.74, 6) is -8.27. The molecule has 13 nitrogen and oxygen atoms in total. The van der Waals surface area contributed by atoms with E-state index in [9.17, 15) is 39.5 Å². The van der Waals surface area contributed by atoms with Crippen molar-refractivity contribution >= 4 is 23.6 Å². The van der Waals surface area contributed by atoms with Crippen molar-refractivity contribution in [2.75, 3.05) is 26.7 Å². The lowest BCUT2D eigenvalue weighted by Gasteiger charge is -2.38. The average Bonchev–Trinajstić information content (AvgIpc) is 3.69. The SMILES string of the molecule is CC(C)n1cc(CN2CCN(C)C(c3cn4c(-c5ccncc5)cccc4n3)C2)cn1.O=C(O)C(F)(F)F.O=C(O)C(F)(F)F.O=C(O)C(F)(F)F. The lowest BCUT2D eigenvalue weighted by atomic mass is 10.1. The van der Waals surface area contributed by atoms with Gasteiger partial charge in [0.15, 0.2) is 0 Å².